The molecule has 1 aromatic carbocycles. The minimum Gasteiger partial charge on any atom is -0.466 e. The zero-order valence-corrected chi connectivity index (χ0v) is 15.6. The molecule has 3 fully saturated rings. The second-order valence-corrected chi connectivity index (χ2v) is 7.78. The molecule has 2 heterocycles. The molecule has 0 bridgehead atoms. The quantitative estimate of drug-likeness (QED) is 0.774. The number of likely N-dealkylation sites (tertiary alicyclic amines) is 1. The van der Waals surface area contributed by atoms with Gasteiger partial charge in [-0.3, -0.25) is 9.69 Å². The van der Waals surface area contributed by atoms with Gasteiger partial charge in [-0.05, 0) is 31.2 Å². The van der Waals surface area contributed by atoms with Crippen LogP contribution >= 0.6 is 0 Å². The van der Waals surface area contributed by atoms with E-state index < -0.39 is 5.79 Å². The van der Waals surface area contributed by atoms with Gasteiger partial charge in [0.25, 0.3) is 0 Å². The van der Waals surface area contributed by atoms with Crippen LogP contribution in [-0.4, -0.2) is 49.1 Å². The fraction of sp³-hybridized carbons (Fsp3) is 0.667. The number of nitrogens with zero attached hydrogens (tertiary/aromatic N) is 1. The van der Waals surface area contributed by atoms with Crippen molar-refractivity contribution in [1.29, 1.82) is 0 Å². The van der Waals surface area contributed by atoms with E-state index in [0.29, 0.717) is 31.8 Å². The van der Waals surface area contributed by atoms with Gasteiger partial charge in [-0.25, -0.2) is 0 Å². The van der Waals surface area contributed by atoms with Crippen LogP contribution in [0.1, 0.15) is 38.2 Å². The van der Waals surface area contributed by atoms with Gasteiger partial charge in [0, 0.05) is 32.0 Å². The molecule has 2 aliphatic heterocycles. The summed E-state index contributed by atoms with van der Waals surface area (Å²) in [7, 11) is 0. The average molecular weight is 359 g/mol. The van der Waals surface area contributed by atoms with E-state index in [1.54, 1.807) is 0 Å². The molecule has 0 N–H and O–H groups in total. The molecule has 142 valence electrons. The summed E-state index contributed by atoms with van der Waals surface area (Å²) < 4.78 is 17.3. The minimum atomic E-state index is -0.407. The second-order valence-electron chi connectivity index (χ2n) is 7.78. The molecule has 3 aliphatic rings. The van der Waals surface area contributed by atoms with Crippen molar-refractivity contribution < 1.29 is 19.0 Å². The Bertz CT molecular complexity index is 614. The number of carbonyl (C=O) groups is 1. The molecular formula is C21H29NO4. The van der Waals surface area contributed by atoms with E-state index in [9.17, 15) is 4.79 Å². The second kappa shape index (κ2) is 7.67. The lowest BCUT2D eigenvalue weighted by atomic mass is 9.72. The predicted molar refractivity (Wildman–Crippen MR) is 97.4 cm³/mol. The molecule has 1 spiro atoms. The minimum absolute atomic E-state index is 0.0584. The summed E-state index contributed by atoms with van der Waals surface area (Å²) in [6.45, 7) is 5.36. The Kier molecular flexibility index (Phi) is 5.30. The number of hydrogen-bond donors (Lipinski definition) is 0. The molecule has 1 aromatic rings. The van der Waals surface area contributed by atoms with Crippen LogP contribution in [0.3, 0.4) is 0 Å². The Labute approximate surface area is 155 Å². The molecule has 1 unspecified atom stereocenters. The molecule has 5 heteroatoms. The maximum Gasteiger partial charge on any atom is 0.310 e. The van der Waals surface area contributed by atoms with Crippen LogP contribution in [-0.2, 0) is 25.5 Å². The summed E-state index contributed by atoms with van der Waals surface area (Å²) in [5, 5.41) is 0. The molecule has 1 aliphatic carbocycles. The topological polar surface area (TPSA) is 48.0 Å². The van der Waals surface area contributed by atoms with Gasteiger partial charge >= 0.3 is 5.97 Å². The normalized spacial score (nSPS) is 30.9. The van der Waals surface area contributed by atoms with E-state index in [-0.39, 0.29) is 11.9 Å². The highest BCUT2D eigenvalue weighted by Gasteiger charge is 2.50. The van der Waals surface area contributed by atoms with Crippen molar-refractivity contribution >= 4 is 5.97 Å². The van der Waals surface area contributed by atoms with Gasteiger partial charge in [0.05, 0.1) is 25.7 Å². The molecular weight excluding hydrogens is 330 g/mol. The van der Waals surface area contributed by atoms with Gasteiger partial charge in [0.1, 0.15) is 0 Å². The van der Waals surface area contributed by atoms with Crippen LogP contribution in [0.25, 0.3) is 0 Å². The zero-order chi connectivity index (χ0) is 18.0. The van der Waals surface area contributed by atoms with Crippen LogP contribution in [0, 0.1) is 11.8 Å². The smallest absolute Gasteiger partial charge is 0.310 e. The lowest BCUT2D eigenvalue weighted by Gasteiger charge is -2.50. The van der Waals surface area contributed by atoms with Crippen LogP contribution < -0.4 is 0 Å². The number of ether oxygens (including phenoxy) is 3. The first kappa shape index (κ1) is 18.0. The van der Waals surface area contributed by atoms with Gasteiger partial charge in [-0.1, -0.05) is 30.3 Å². The molecule has 2 saturated heterocycles. The number of rotatable bonds is 4. The van der Waals surface area contributed by atoms with Crippen molar-refractivity contribution in [2.24, 2.45) is 11.8 Å². The molecule has 0 radical (unpaired) electrons. The third-order valence-electron chi connectivity index (χ3n) is 6.11. The zero-order valence-electron chi connectivity index (χ0n) is 15.6. The standard InChI is InChI=1S/C21H29NO4/c1-2-24-20(23)18-12-17-13-21(25-10-11-26-21)9-8-19(17)22(15-18)14-16-6-4-3-5-7-16/h3-7,17-19H,2,8-15H2,1H3/t17-,18?,19-/m1/s1. The molecule has 26 heavy (non-hydrogen) atoms. The van der Waals surface area contributed by atoms with Crippen molar-refractivity contribution in [2.75, 3.05) is 26.4 Å². The Morgan fingerprint density at radius 3 is 2.77 bits per heavy atom. The van der Waals surface area contributed by atoms with Crippen molar-refractivity contribution in [2.45, 2.75) is 51.0 Å². The summed E-state index contributed by atoms with van der Waals surface area (Å²) in [6, 6.07) is 11.0. The lowest BCUT2D eigenvalue weighted by molar-refractivity contribution is -0.205. The van der Waals surface area contributed by atoms with Crippen molar-refractivity contribution in [3.63, 3.8) is 0 Å². The first-order valence-electron chi connectivity index (χ1n) is 9.91. The van der Waals surface area contributed by atoms with E-state index >= 15 is 0 Å². The van der Waals surface area contributed by atoms with Crippen LogP contribution in [0.5, 0.6) is 0 Å². The average Bonchev–Trinajstić information content (AvgIpc) is 3.10. The first-order chi connectivity index (χ1) is 12.7. The summed E-state index contributed by atoms with van der Waals surface area (Å²) in [4.78, 5) is 15.0. The van der Waals surface area contributed by atoms with Gasteiger partial charge < -0.3 is 14.2 Å². The number of piperidine rings is 1. The van der Waals surface area contributed by atoms with Gasteiger partial charge in [-0.15, -0.1) is 0 Å². The third-order valence-corrected chi connectivity index (χ3v) is 6.11. The summed E-state index contributed by atoms with van der Waals surface area (Å²) >= 11 is 0. The highest BCUT2D eigenvalue weighted by molar-refractivity contribution is 5.72. The Balaban J connectivity index is 1.53. The maximum atomic E-state index is 12.5. The Morgan fingerprint density at radius 2 is 2.04 bits per heavy atom. The van der Waals surface area contributed by atoms with Crippen molar-refractivity contribution in [1.82, 2.24) is 4.90 Å². The number of carbonyl (C=O) groups excluding carboxylic acids is 1. The largest absolute Gasteiger partial charge is 0.466 e. The molecule has 1 saturated carbocycles. The summed E-state index contributed by atoms with van der Waals surface area (Å²) in [5.41, 5.74) is 1.30. The predicted octanol–water partition coefficient (Wildman–Crippen LogP) is 2.98. The third kappa shape index (κ3) is 3.66. The highest BCUT2D eigenvalue weighted by Crippen LogP contribution is 2.45. The van der Waals surface area contributed by atoms with Crippen molar-refractivity contribution in [3.05, 3.63) is 35.9 Å². The van der Waals surface area contributed by atoms with Gasteiger partial charge in [0.2, 0.25) is 0 Å². The highest BCUT2D eigenvalue weighted by atomic mass is 16.7. The van der Waals surface area contributed by atoms with Crippen molar-refractivity contribution in [3.8, 4) is 0 Å². The lowest BCUT2D eigenvalue weighted by Crippen LogP contribution is -2.55. The molecule has 3 atom stereocenters. The van der Waals surface area contributed by atoms with E-state index in [0.717, 1.165) is 38.8 Å². The monoisotopic (exact) mass is 359 g/mol. The number of hydrogen-bond acceptors (Lipinski definition) is 5. The summed E-state index contributed by atoms with van der Waals surface area (Å²) in [6.07, 6.45) is 3.78. The number of esters is 1. The fourth-order valence-corrected chi connectivity index (χ4v) is 5.01. The van der Waals surface area contributed by atoms with E-state index in [2.05, 4.69) is 29.2 Å². The van der Waals surface area contributed by atoms with E-state index in [1.807, 2.05) is 13.0 Å². The van der Waals surface area contributed by atoms with Crippen LogP contribution in [0.4, 0.5) is 0 Å². The summed E-state index contributed by atoms with van der Waals surface area (Å²) in [5.74, 6) is -0.113. The van der Waals surface area contributed by atoms with E-state index in [1.165, 1.54) is 5.56 Å². The van der Waals surface area contributed by atoms with Crippen LogP contribution in [0.15, 0.2) is 30.3 Å². The molecule has 0 amide bonds. The fourth-order valence-electron chi connectivity index (χ4n) is 5.01. The maximum absolute atomic E-state index is 12.5. The number of fused-ring (bicyclic) bond motifs is 1. The van der Waals surface area contributed by atoms with Gasteiger partial charge in [0.15, 0.2) is 5.79 Å². The van der Waals surface area contributed by atoms with Gasteiger partial charge in [-0.2, -0.15) is 0 Å². The van der Waals surface area contributed by atoms with Crippen LogP contribution in [0.2, 0.25) is 0 Å². The molecule has 5 nitrogen and oxygen atoms in total. The first-order valence-corrected chi connectivity index (χ1v) is 9.91. The number of benzene rings is 1. The van der Waals surface area contributed by atoms with E-state index in [4.69, 9.17) is 14.2 Å². The Hall–Kier alpha value is -1.43. The molecule has 0 aromatic heterocycles. The Morgan fingerprint density at radius 1 is 1.27 bits per heavy atom. The SMILES string of the molecule is CCOC(=O)C1C[C@@H]2CC3(CC[C@H]2N(Cc2ccccc2)C1)OCCO3. The molecule has 4 rings (SSSR count).